The predicted molar refractivity (Wildman–Crippen MR) is 111 cm³/mol. The number of allylic oxidation sites excluding steroid dienone is 8. The van der Waals surface area contributed by atoms with Crippen LogP contribution in [-0.2, 0) is 9.84 Å². The molecule has 0 bridgehead atoms. The van der Waals surface area contributed by atoms with Crippen LogP contribution in [0.25, 0.3) is 0 Å². The van der Waals surface area contributed by atoms with E-state index in [4.69, 9.17) is 9.84 Å². The van der Waals surface area contributed by atoms with E-state index in [1.165, 1.54) is 25.7 Å². The average molecular weight is 364 g/mol. The Kier molecular flexibility index (Phi) is 20.9. The SMILES string of the molecule is CCCCC/C=C\C/C=C\C/C=C\C/C=C\CCCCOC(C[O])CO. The highest BCUT2D eigenvalue weighted by Crippen LogP contribution is 2.02. The molecule has 0 fully saturated rings. The molecule has 0 rings (SSSR count). The molecule has 0 heterocycles. The van der Waals surface area contributed by atoms with Crippen LogP contribution >= 0.6 is 0 Å². The van der Waals surface area contributed by atoms with Crippen LogP contribution in [0.15, 0.2) is 48.6 Å². The highest BCUT2D eigenvalue weighted by Gasteiger charge is 2.05. The summed E-state index contributed by atoms with van der Waals surface area (Å²) in [5.41, 5.74) is 0. The molecule has 0 spiro atoms. The second kappa shape index (κ2) is 21.9. The van der Waals surface area contributed by atoms with Gasteiger partial charge in [0.05, 0.1) is 6.61 Å². The third kappa shape index (κ3) is 19.2. The molecule has 0 saturated carbocycles. The lowest BCUT2D eigenvalue weighted by Crippen LogP contribution is -2.21. The Bertz CT molecular complexity index is 379. The summed E-state index contributed by atoms with van der Waals surface area (Å²) in [6, 6.07) is 0. The largest absolute Gasteiger partial charge is 0.394 e. The minimum Gasteiger partial charge on any atom is -0.394 e. The fraction of sp³-hybridized carbons (Fsp3) is 0.652. The van der Waals surface area contributed by atoms with Gasteiger partial charge in [0.1, 0.15) is 12.7 Å². The number of aliphatic hydroxyl groups excluding tert-OH is 1. The van der Waals surface area contributed by atoms with Gasteiger partial charge in [0.2, 0.25) is 0 Å². The minimum atomic E-state index is -0.536. The standard InChI is InChI=1S/C23H39O3/c1-2-3-4-5-6-7-8-9-10-11-12-13-14-15-16-17-18-19-20-26-23(21-24)22-25/h6-7,9-10,12-13,15-16,23-24H,2-5,8,11,14,17-22H2,1H3/b7-6-,10-9-,13-12-,16-15-. The molecule has 3 nitrogen and oxygen atoms in total. The Morgan fingerprint density at radius 2 is 1.27 bits per heavy atom. The topological polar surface area (TPSA) is 49.4 Å². The van der Waals surface area contributed by atoms with Crippen LogP contribution in [0, 0.1) is 0 Å². The van der Waals surface area contributed by atoms with E-state index in [1.54, 1.807) is 0 Å². The molecular formula is C23H39O3. The van der Waals surface area contributed by atoms with Crippen molar-refractivity contribution in [1.82, 2.24) is 0 Å². The summed E-state index contributed by atoms with van der Waals surface area (Å²) in [6.07, 6.45) is 28.4. The lowest BCUT2D eigenvalue weighted by Gasteiger charge is -2.10. The van der Waals surface area contributed by atoms with Crippen LogP contribution in [0.3, 0.4) is 0 Å². The summed E-state index contributed by atoms with van der Waals surface area (Å²) < 4.78 is 5.26. The third-order valence-electron chi connectivity index (χ3n) is 3.97. The van der Waals surface area contributed by atoms with Crippen molar-refractivity contribution < 1.29 is 14.9 Å². The Labute approximate surface area is 161 Å². The fourth-order valence-corrected chi connectivity index (χ4v) is 2.33. The predicted octanol–water partition coefficient (Wildman–Crippen LogP) is 5.94. The van der Waals surface area contributed by atoms with E-state index in [0.717, 1.165) is 38.5 Å². The number of unbranched alkanes of at least 4 members (excludes halogenated alkanes) is 5. The summed E-state index contributed by atoms with van der Waals surface area (Å²) in [6.45, 7) is 2.25. The average Bonchev–Trinajstić information content (AvgIpc) is 2.66. The maximum absolute atomic E-state index is 10.6. The first kappa shape index (κ1) is 24.8. The lowest BCUT2D eigenvalue weighted by molar-refractivity contribution is -0.0379. The van der Waals surface area contributed by atoms with Gasteiger partial charge in [-0.2, -0.15) is 0 Å². The first-order valence-electron chi connectivity index (χ1n) is 10.3. The molecule has 0 aliphatic rings. The van der Waals surface area contributed by atoms with Crippen molar-refractivity contribution in [2.24, 2.45) is 0 Å². The van der Waals surface area contributed by atoms with Crippen LogP contribution in [0.2, 0.25) is 0 Å². The number of hydrogen-bond acceptors (Lipinski definition) is 2. The summed E-state index contributed by atoms with van der Waals surface area (Å²) >= 11 is 0. The van der Waals surface area contributed by atoms with Gasteiger partial charge in [0.15, 0.2) is 0 Å². The molecule has 0 aromatic heterocycles. The van der Waals surface area contributed by atoms with Gasteiger partial charge in [-0.3, -0.25) is 0 Å². The molecule has 1 atom stereocenters. The molecular weight excluding hydrogens is 324 g/mol. The second-order valence-corrected chi connectivity index (χ2v) is 6.43. The van der Waals surface area contributed by atoms with Gasteiger partial charge in [0, 0.05) is 6.61 Å². The van der Waals surface area contributed by atoms with Crippen molar-refractivity contribution in [3.8, 4) is 0 Å². The molecule has 1 radical (unpaired) electrons. The van der Waals surface area contributed by atoms with Crippen molar-refractivity contribution in [3.63, 3.8) is 0 Å². The van der Waals surface area contributed by atoms with Gasteiger partial charge in [-0.05, 0) is 51.4 Å². The van der Waals surface area contributed by atoms with E-state index >= 15 is 0 Å². The van der Waals surface area contributed by atoms with Crippen LogP contribution in [0.4, 0.5) is 0 Å². The van der Waals surface area contributed by atoms with E-state index < -0.39 is 6.10 Å². The molecule has 0 aliphatic heterocycles. The number of ether oxygens (including phenoxy) is 1. The van der Waals surface area contributed by atoms with E-state index in [0.29, 0.717) is 6.61 Å². The Hall–Kier alpha value is -1.16. The van der Waals surface area contributed by atoms with E-state index in [9.17, 15) is 5.11 Å². The summed E-state index contributed by atoms with van der Waals surface area (Å²) in [7, 11) is 0. The van der Waals surface area contributed by atoms with Crippen LogP contribution < -0.4 is 0 Å². The van der Waals surface area contributed by atoms with Gasteiger partial charge in [-0.25, -0.2) is 5.11 Å². The zero-order chi connectivity index (χ0) is 19.1. The van der Waals surface area contributed by atoms with Gasteiger partial charge in [-0.15, -0.1) is 0 Å². The molecule has 0 amide bonds. The van der Waals surface area contributed by atoms with Gasteiger partial charge >= 0.3 is 0 Å². The van der Waals surface area contributed by atoms with Crippen LogP contribution in [0.1, 0.15) is 71.1 Å². The van der Waals surface area contributed by atoms with Crippen molar-refractivity contribution in [3.05, 3.63) is 48.6 Å². The summed E-state index contributed by atoms with van der Waals surface area (Å²) in [4.78, 5) is 0. The highest BCUT2D eigenvalue weighted by molar-refractivity contribution is 4.99. The maximum atomic E-state index is 10.6. The van der Waals surface area contributed by atoms with Crippen molar-refractivity contribution in [1.29, 1.82) is 0 Å². The molecule has 0 aromatic carbocycles. The zero-order valence-electron chi connectivity index (χ0n) is 16.7. The first-order chi connectivity index (χ1) is 12.8. The number of hydrogen-bond donors (Lipinski definition) is 1. The summed E-state index contributed by atoms with van der Waals surface area (Å²) in [5, 5.41) is 19.4. The zero-order valence-corrected chi connectivity index (χ0v) is 16.7. The smallest absolute Gasteiger partial charge is 0.111 e. The Morgan fingerprint density at radius 1 is 0.769 bits per heavy atom. The second-order valence-electron chi connectivity index (χ2n) is 6.43. The fourth-order valence-electron chi connectivity index (χ4n) is 2.33. The molecule has 149 valence electrons. The van der Waals surface area contributed by atoms with Crippen molar-refractivity contribution >= 4 is 0 Å². The van der Waals surface area contributed by atoms with E-state index in [1.807, 2.05) is 0 Å². The van der Waals surface area contributed by atoms with Crippen molar-refractivity contribution in [2.75, 3.05) is 19.8 Å². The van der Waals surface area contributed by atoms with Gasteiger partial charge < -0.3 is 9.84 Å². The number of rotatable bonds is 18. The number of aliphatic hydroxyl groups is 1. The molecule has 26 heavy (non-hydrogen) atoms. The molecule has 1 N–H and O–H groups in total. The first-order valence-corrected chi connectivity index (χ1v) is 10.3. The van der Waals surface area contributed by atoms with E-state index in [2.05, 4.69) is 55.5 Å². The third-order valence-corrected chi connectivity index (χ3v) is 3.97. The van der Waals surface area contributed by atoms with Crippen molar-refractivity contribution in [2.45, 2.75) is 77.2 Å². The molecule has 3 heteroatoms. The quantitative estimate of drug-likeness (QED) is 0.242. The van der Waals surface area contributed by atoms with E-state index in [-0.39, 0.29) is 13.2 Å². The summed E-state index contributed by atoms with van der Waals surface area (Å²) in [5.74, 6) is 0. The monoisotopic (exact) mass is 363 g/mol. The molecule has 0 aliphatic carbocycles. The van der Waals surface area contributed by atoms with Crippen LogP contribution in [-0.4, -0.2) is 31.0 Å². The van der Waals surface area contributed by atoms with Gasteiger partial charge in [-0.1, -0.05) is 68.4 Å². The normalized spacial score (nSPS) is 12.8. The van der Waals surface area contributed by atoms with Gasteiger partial charge in [0.25, 0.3) is 0 Å². The minimum absolute atomic E-state index is 0.180. The Balaban J connectivity index is 3.41. The molecule has 0 aromatic rings. The highest BCUT2D eigenvalue weighted by atomic mass is 16.5. The molecule has 0 saturated heterocycles. The van der Waals surface area contributed by atoms with Crippen LogP contribution in [0.5, 0.6) is 0 Å². The lowest BCUT2D eigenvalue weighted by atomic mass is 10.2. The maximum Gasteiger partial charge on any atom is 0.111 e. The molecule has 1 unspecified atom stereocenters. The Morgan fingerprint density at radius 3 is 1.73 bits per heavy atom.